The normalized spacial score (nSPS) is 11.7. The van der Waals surface area contributed by atoms with Gasteiger partial charge in [-0.2, -0.15) is 5.10 Å². The summed E-state index contributed by atoms with van der Waals surface area (Å²) in [5.74, 6) is -0.0289. The molecule has 0 saturated heterocycles. The van der Waals surface area contributed by atoms with E-state index in [0.717, 1.165) is 11.4 Å². The van der Waals surface area contributed by atoms with Gasteiger partial charge in [-0.25, -0.2) is 4.98 Å². The van der Waals surface area contributed by atoms with Crippen LogP contribution in [0.15, 0.2) is 18.6 Å². The van der Waals surface area contributed by atoms with Gasteiger partial charge >= 0.3 is 0 Å². The lowest BCUT2D eigenvalue weighted by Gasteiger charge is -2.19. The number of rotatable bonds is 4. The molecular weight excluding hydrogens is 284 g/mol. The predicted molar refractivity (Wildman–Crippen MR) is 84.5 cm³/mol. The Morgan fingerprint density at radius 1 is 1.38 bits per heavy atom. The Labute approximate surface area is 129 Å². The molecule has 2 aromatic heterocycles. The molecule has 0 N–H and O–H groups in total. The quantitative estimate of drug-likeness (QED) is 0.872. The van der Waals surface area contributed by atoms with Crippen molar-refractivity contribution in [3.8, 4) is 0 Å². The molecule has 2 heterocycles. The Bertz CT molecular complexity index is 624. The topological polar surface area (TPSA) is 51.0 Å². The van der Waals surface area contributed by atoms with E-state index in [-0.39, 0.29) is 11.4 Å². The first-order chi connectivity index (χ1) is 9.81. The van der Waals surface area contributed by atoms with Crippen molar-refractivity contribution in [3.63, 3.8) is 0 Å². The van der Waals surface area contributed by atoms with Crippen molar-refractivity contribution in [1.29, 1.82) is 0 Å². The van der Waals surface area contributed by atoms with Crippen LogP contribution in [0.4, 0.5) is 0 Å². The minimum absolute atomic E-state index is 0.0289. The smallest absolute Gasteiger partial charge is 0.257 e. The fourth-order valence-electron chi connectivity index (χ4n) is 1.88. The number of hydrogen-bond acceptors (Lipinski definition) is 4. The van der Waals surface area contributed by atoms with Crippen LogP contribution in [0.2, 0.25) is 0 Å². The number of hydrogen-bond donors (Lipinski definition) is 0. The van der Waals surface area contributed by atoms with Gasteiger partial charge in [0.05, 0.1) is 23.8 Å². The minimum atomic E-state index is -0.123. The van der Waals surface area contributed by atoms with E-state index in [1.807, 2.05) is 10.9 Å². The summed E-state index contributed by atoms with van der Waals surface area (Å²) in [6.07, 6.45) is 6.30. The van der Waals surface area contributed by atoms with Gasteiger partial charge < -0.3 is 4.90 Å². The van der Waals surface area contributed by atoms with Crippen LogP contribution in [0.3, 0.4) is 0 Å². The average Bonchev–Trinajstić information content (AvgIpc) is 3.05. The minimum Gasteiger partial charge on any atom is -0.335 e. The van der Waals surface area contributed by atoms with Crippen molar-refractivity contribution < 1.29 is 4.79 Å². The fraction of sp³-hybridized carbons (Fsp3) is 0.533. The standard InChI is InChI=1S/C15H22N4OS/c1-6-12-8-16-13(21-12)10-18(5)14(20)11-7-17-19(9-11)15(2,3)4/h7-9H,6,10H2,1-5H3. The molecule has 5 nitrogen and oxygen atoms in total. The largest absolute Gasteiger partial charge is 0.335 e. The zero-order valence-electron chi connectivity index (χ0n) is 13.3. The van der Waals surface area contributed by atoms with E-state index in [2.05, 4.69) is 37.8 Å². The Morgan fingerprint density at radius 3 is 2.62 bits per heavy atom. The summed E-state index contributed by atoms with van der Waals surface area (Å²) >= 11 is 1.66. The van der Waals surface area contributed by atoms with Crippen molar-refractivity contribution in [1.82, 2.24) is 19.7 Å². The summed E-state index contributed by atoms with van der Waals surface area (Å²) in [5.41, 5.74) is 0.488. The van der Waals surface area contributed by atoms with Crippen molar-refractivity contribution in [2.24, 2.45) is 0 Å². The van der Waals surface area contributed by atoms with Crippen LogP contribution in [-0.4, -0.2) is 32.6 Å². The number of aromatic nitrogens is 3. The lowest BCUT2D eigenvalue weighted by atomic mass is 10.1. The van der Waals surface area contributed by atoms with Gasteiger partial charge in [0.2, 0.25) is 0 Å². The highest BCUT2D eigenvalue weighted by Gasteiger charge is 2.19. The van der Waals surface area contributed by atoms with E-state index in [9.17, 15) is 4.79 Å². The third-order valence-electron chi connectivity index (χ3n) is 3.19. The maximum absolute atomic E-state index is 12.4. The van der Waals surface area contributed by atoms with Crippen molar-refractivity contribution in [2.75, 3.05) is 7.05 Å². The predicted octanol–water partition coefficient (Wildman–Crippen LogP) is 2.93. The number of nitrogens with zero attached hydrogens (tertiary/aromatic N) is 4. The number of thiazole rings is 1. The summed E-state index contributed by atoms with van der Waals surface area (Å²) in [4.78, 5) is 19.7. The van der Waals surface area contributed by atoms with Gasteiger partial charge in [-0.15, -0.1) is 11.3 Å². The summed E-state index contributed by atoms with van der Waals surface area (Å²) in [6, 6.07) is 0. The van der Waals surface area contributed by atoms with Gasteiger partial charge in [-0.3, -0.25) is 9.48 Å². The molecule has 0 aliphatic rings. The second kappa shape index (κ2) is 5.97. The SMILES string of the molecule is CCc1cnc(CN(C)C(=O)c2cnn(C(C)(C)C)c2)s1. The Hall–Kier alpha value is -1.69. The molecule has 6 heteroatoms. The number of aryl methyl sites for hydroxylation is 1. The Kier molecular flexibility index (Phi) is 4.46. The Balaban J connectivity index is 2.06. The molecule has 0 bridgehead atoms. The van der Waals surface area contributed by atoms with Gasteiger partial charge in [-0.1, -0.05) is 6.92 Å². The van der Waals surface area contributed by atoms with E-state index in [1.54, 1.807) is 35.7 Å². The molecule has 0 saturated carbocycles. The summed E-state index contributed by atoms with van der Waals surface area (Å²) < 4.78 is 1.81. The summed E-state index contributed by atoms with van der Waals surface area (Å²) in [7, 11) is 1.80. The highest BCUT2D eigenvalue weighted by Crippen LogP contribution is 2.17. The molecule has 0 aliphatic carbocycles. The van der Waals surface area contributed by atoms with E-state index in [1.165, 1.54) is 4.88 Å². The molecule has 0 radical (unpaired) electrons. The Morgan fingerprint density at radius 2 is 2.10 bits per heavy atom. The third-order valence-corrected chi connectivity index (χ3v) is 4.31. The van der Waals surface area contributed by atoms with E-state index in [0.29, 0.717) is 12.1 Å². The highest BCUT2D eigenvalue weighted by atomic mass is 32.1. The van der Waals surface area contributed by atoms with Crippen LogP contribution in [0.1, 0.15) is 47.9 Å². The lowest BCUT2D eigenvalue weighted by Crippen LogP contribution is -2.26. The molecule has 0 fully saturated rings. The van der Waals surface area contributed by atoms with Gasteiger partial charge in [0.25, 0.3) is 5.91 Å². The van der Waals surface area contributed by atoms with Crippen molar-refractivity contribution in [3.05, 3.63) is 34.0 Å². The molecule has 2 rings (SSSR count). The molecule has 0 aliphatic heterocycles. The molecular formula is C15H22N4OS. The number of amides is 1. The molecule has 1 amide bonds. The van der Waals surface area contributed by atoms with Gasteiger partial charge in [0, 0.05) is 24.3 Å². The third kappa shape index (κ3) is 3.69. The summed E-state index contributed by atoms with van der Waals surface area (Å²) in [6.45, 7) is 8.80. The van der Waals surface area contributed by atoms with E-state index in [4.69, 9.17) is 0 Å². The fourth-order valence-corrected chi connectivity index (χ4v) is 2.80. The lowest BCUT2D eigenvalue weighted by molar-refractivity contribution is 0.0785. The molecule has 0 aromatic carbocycles. The number of carbonyl (C=O) groups excluding carboxylic acids is 1. The molecule has 0 spiro atoms. The van der Waals surface area contributed by atoms with Crippen LogP contribution < -0.4 is 0 Å². The van der Waals surface area contributed by atoms with Crippen molar-refractivity contribution >= 4 is 17.2 Å². The van der Waals surface area contributed by atoms with Gasteiger partial charge in [0.15, 0.2) is 0 Å². The first-order valence-corrected chi connectivity index (χ1v) is 7.87. The van der Waals surface area contributed by atoms with Crippen LogP contribution in [-0.2, 0) is 18.5 Å². The van der Waals surface area contributed by atoms with Crippen LogP contribution in [0.5, 0.6) is 0 Å². The van der Waals surface area contributed by atoms with Crippen LogP contribution in [0.25, 0.3) is 0 Å². The van der Waals surface area contributed by atoms with E-state index < -0.39 is 0 Å². The second-order valence-electron chi connectivity index (χ2n) is 6.08. The van der Waals surface area contributed by atoms with Gasteiger partial charge in [-0.05, 0) is 27.2 Å². The maximum atomic E-state index is 12.4. The monoisotopic (exact) mass is 306 g/mol. The molecule has 21 heavy (non-hydrogen) atoms. The zero-order valence-corrected chi connectivity index (χ0v) is 14.1. The zero-order chi connectivity index (χ0) is 15.6. The van der Waals surface area contributed by atoms with E-state index >= 15 is 0 Å². The van der Waals surface area contributed by atoms with Gasteiger partial charge in [0.1, 0.15) is 5.01 Å². The summed E-state index contributed by atoms with van der Waals surface area (Å²) in [5, 5.41) is 5.24. The number of carbonyl (C=O) groups is 1. The molecule has 0 unspecified atom stereocenters. The second-order valence-corrected chi connectivity index (χ2v) is 7.28. The van der Waals surface area contributed by atoms with Crippen molar-refractivity contribution in [2.45, 2.75) is 46.2 Å². The maximum Gasteiger partial charge on any atom is 0.257 e. The highest BCUT2D eigenvalue weighted by molar-refractivity contribution is 7.11. The first-order valence-electron chi connectivity index (χ1n) is 7.05. The van der Waals surface area contributed by atoms with Crippen LogP contribution in [0, 0.1) is 0 Å². The first kappa shape index (κ1) is 15.7. The molecule has 0 atom stereocenters. The molecule has 114 valence electrons. The van der Waals surface area contributed by atoms with Crippen LogP contribution >= 0.6 is 11.3 Å². The molecule has 2 aromatic rings. The average molecular weight is 306 g/mol.